The average molecular weight is 345 g/mol. The van der Waals surface area contributed by atoms with Crippen molar-refractivity contribution in [2.24, 2.45) is 0 Å². The Kier molecular flexibility index (Phi) is 5.50. The van der Waals surface area contributed by atoms with Crippen molar-refractivity contribution in [3.63, 3.8) is 0 Å². The summed E-state index contributed by atoms with van der Waals surface area (Å²) in [6.07, 6.45) is 0.958. The van der Waals surface area contributed by atoms with Crippen LogP contribution in [-0.4, -0.2) is 33.8 Å². The van der Waals surface area contributed by atoms with Crippen LogP contribution in [0, 0.1) is 0 Å². The van der Waals surface area contributed by atoms with Gasteiger partial charge in [-0.05, 0) is 54.4 Å². The molecule has 20 heavy (non-hydrogen) atoms. The predicted octanol–water partition coefficient (Wildman–Crippen LogP) is 2.36. The molecule has 0 aliphatic carbocycles. The van der Waals surface area contributed by atoms with E-state index in [0.717, 1.165) is 5.56 Å². The van der Waals surface area contributed by atoms with E-state index in [1.54, 1.807) is 39.1 Å². The van der Waals surface area contributed by atoms with Crippen molar-refractivity contribution in [2.45, 2.75) is 38.8 Å². The third kappa shape index (κ3) is 6.01. The molecular weight excluding hydrogens is 328 g/mol. The molecular formula is C13H17BrN2O4. The van der Waals surface area contributed by atoms with Crippen LogP contribution >= 0.6 is 15.9 Å². The molecule has 0 aliphatic rings. The first-order valence-corrected chi connectivity index (χ1v) is 6.79. The minimum Gasteiger partial charge on any atom is -0.480 e. The van der Waals surface area contributed by atoms with Gasteiger partial charge in [-0.15, -0.1) is 0 Å². The van der Waals surface area contributed by atoms with Crippen molar-refractivity contribution >= 4 is 28.0 Å². The normalized spacial score (nSPS) is 12.6. The van der Waals surface area contributed by atoms with Crippen LogP contribution in [-0.2, 0) is 16.0 Å². The molecule has 1 aromatic heterocycles. The van der Waals surface area contributed by atoms with Crippen molar-refractivity contribution in [3.05, 3.63) is 28.5 Å². The number of carbonyl (C=O) groups excluding carboxylic acids is 1. The Morgan fingerprint density at radius 3 is 2.65 bits per heavy atom. The Morgan fingerprint density at radius 2 is 2.15 bits per heavy atom. The first-order valence-electron chi connectivity index (χ1n) is 6.00. The standard InChI is InChI=1S/C13H17BrN2O4/c1-13(2,3)20-12(19)16-9(11(17)18)6-8-4-5-15-10(14)7-8/h4-5,7,9H,6H2,1-3H3,(H,16,19)(H,17,18). The van der Waals surface area contributed by atoms with Gasteiger partial charge in [0.2, 0.25) is 0 Å². The number of carbonyl (C=O) groups is 2. The third-order valence-electron chi connectivity index (χ3n) is 2.22. The molecule has 1 rings (SSSR count). The zero-order valence-electron chi connectivity index (χ0n) is 11.5. The first kappa shape index (κ1) is 16.4. The molecule has 1 unspecified atom stereocenters. The number of rotatable bonds is 4. The van der Waals surface area contributed by atoms with Gasteiger partial charge in [0.15, 0.2) is 0 Å². The summed E-state index contributed by atoms with van der Waals surface area (Å²) in [7, 11) is 0. The molecule has 1 amide bonds. The van der Waals surface area contributed by atoms with Crippen LogP contribution < -0.4 is 5.32 Å². The smallest absolute Gasteiger partial charge is 0.408 e. The number of hydrogen-bond donors (Lipinski definition) is 2. The maximum Gasteiger partial charge on any atom is 0.408 e. The summed E-state index contributed by atoms with van der Waals surface area (Å²) in [5, 5.41) is 11.5. The molecule has 0 aromatic carbocycles. The molecule has 0 radical (unpaired) electrons. The number of carboxylic acid groups (broad SMARTS) is 1. The largest absolute Gasteiger partial charge is 0.480 e. The van der Waals surface area contributed by atoms with Crippen LogP contribution in [0.1, 0.15) is 26.3 Å². The number of ether oxygens (including phenoxy) is 1. The highest BCUT2D eigenvalue weighted by Crippen LogP contribution is 2.11. The van der Waals surface area contributed by atoms with Crippen molar-refractivity contribution in [1.82, 2.24) is 10.3 Å². The molecule has 2 N–H and O–H groups in total. The van der Waals surface area contributed by atoms with Gasteiger partial charge in [0.1, 0.15) is 16.2 Å². The van der Waals surface area contributed by atoms with Crippen LogP contribution in [0.3, 0.4) is 0 Å². The monoisotopic (exact) mass is 344 g/mol. The highest BCUT2D eigenvalue weighted by molar-refractivity contribution is 9.10. The highest BCUT2D eigenvalue weighted by Gasteiger charge is 2.24. The summed E-state index contributed by atoms with van der Waals surface area (Å²) >= 11 is 3.21. The number of nitrogens with zero attached hydrogens (tertiary/aromatic N) is 1. The molecule has 110 valence electrons. The lowest BCUT2D eigenvalue weighted by Gasteiger charge is -2.22. The lowest BCUT2D eigenvalue weighted by molar-refractivity contribution is -0.139. The number of carboxylic acids is 1. The van der Waals surface area contributed by atoms with Gasteiger partial charge in [0.05, 0.1) is 0 Å². The summed E-state index contributed by atoms with van der Waals surface area (Å²) < 4.78 is 5.65. The fourth-order valence-corrected chi connectivity index (χ4v) is 1.87. The molecule has 0 bridgehead atoms. The Labute approximate surface area is 125 Å². The number of pyridine rings is 1. The lowest BCUT2D eigenvalue weighted by Crippen LogP contribution is -2.44. The molecule has 1 atom stereocenters. The SMILES string of the molecule is CC(C)(C)OC(=O)NC(Cc1ccnc(Br)c1)C(=O)O. The van der Waals surface area contributed by atoms with E-state index >= 15 is 0 Å². The Hall–Kier alpha value is -1.63. The summed E-state index contributed by atoms with van der Waals surface area (Å²) in [5.74, 6) is -1.12. The van der Waals surface area contributed by atoms with E-state index in [9.17, 15) is 9.59 Å². The maximum atomic E-state index is 11.6. The third-order valence-corrected chi connectivity index (χ3v) is 2.65. The first-order chi connectivity index (χ1) is 9.17. The summed E-state index contributed by atoms with van der Waals surface area (Å²) in [5.41, 5.74) is 0.0719. The van der Waals surface area contributed by atoms with E-state index in [0.29, 0.717) is 4.60 Å². The number of nitrogens with one attached hydrogen (secondary N) is 1. The van der Waals surface area contributed by atoms with Crippen molar-refractivity contribution < 1.29 is 19.4 Å². The van der Waals surface area contributed by atoms with Gasteiger partial charge in [-0.2, -0.15) is 0 Å². The summed E-state index contributed by atoms with van der Waals surface area (Å²) in [6, 6.07) is 2.34. The second kappa shape index (κ2) is 6.69. The molecule has 1 aromatic rings. The molecule has 7 heteroatoms. The number of aliphatic carboxylic acids is 1. The van der Waals surface area contributed by atoms with Gasteiger partial charge in [-0.25, -0.2) is 14.6 Å². The van der Waals surface area contributed by atoms with Crippen LogP contribution in [0.5, 0.6) is 0 Å². The zero-order valence-corrected chi connectivity index (χ0v) is 13.1. The lowest BCUT2D eigenvalue weighted by atomic mass is 10.1. The highest BCUT2D eigenvalue weighted by atomic mass is 79.9. The molecule has 6 nitrogen and oxygen atoms in total. The molecule has 0 aliphatic heterocycles. The average Bonchev–Trinajstić information content (AvgIpc) is 2.25. The fourth-order valence-electron chi connectivity index (χ4n) is 1.46. The number of amides is 1. The summed E-state index contributed by atoms with van der Waals surface area (Å²) in [6.45, 7) is 5.13. The van der Waals surface area contributed by atoms with Crippen LogP contribution in [0.25, 0.3) is 0 Å². The maximum absolute atomic E-state index is 11.6. The van der Waals surface area contributed by atoms with E-state index in [-0.39, 0.29) is 6.42 Å². The van der Waals surface area contributed by atoms with Crippen LogP contribution in [0.15, 0.2) is 22.9 Å². The second-order valence-corrected chi connectivity index (χ2v) is 6.04. The Morgan fingerprint density at radius 1 is 1.50 bits per heavy atom. The molecule has 0 saturated heterocycles. The van der Waals surface area contributed by atoms with Gasteiger partial charge in [-0.1, -0.05) is 0 Å². The van der Waals surface area contributed by atoms with Crippen molar-refractivity contribution in [1.29, 1.82) is 0 Å². The number of hydrogen-bond acceptors (Lipinski definition) is 4. The number of aromatic nitrogens is 1. The predicted molar refractivity (Wildman–Crippen MR) is 76.4 cm³/mol. The van der Waals surface area contributed by atoms with E-state index in [1.807, 2.05) is 0 Å². The summed E-state index contributed by atoms with van der Waals surface area (Å²) in [4.78, 5) is 26.8. The Balaban J connectivity index is 2.71. The van der Waals surface area contributed by atoms with Gasteiger partial charge < -0.3 is 15.2 Å². The number of halogens is 1. The van der Waals surface area contributed by atoms with Gasteiger partial charge in [-0.3, -0.25) is 0 Å². The van der Waals surface area contributed by atoms with E-state index in [1.165, 1.54) is 0 Å². The van der Waals surface area contributed by atoms with E-state index in [2.05, 4.69) is 26.2 Å². The zero-order chi connectivity index (χ0) is 15.3. The minimum atomic E-state index is -1.12. The fraction of sp³-hybridized carbons (Fsp3) is 0.462. The van der Waals surface area contributed by atoms with Gasteiger partial charge >= 0.3 is 12.1 Å². The topological polar surface area (TPSA) is 88.5 Å². The van der Waals surface area contributed by atoms with Crippen molar-refractivity contribution in [3.8, 4) is 0 Å². The minimum absolute atomic E-state index is 0.149. The van der Waals surface area contributed by atoms with E-state index < -0.39 is 23.7 Å². The van der Waals surface area contributed by atoms with Crippen LogP contribution in [0.2, 0.25) is 0 Å². The van der Waals surface area contributed by atoms with E-state index in [4.69, 9.17) is 9.84 Å². The number of alkyl carbamates (subject to hydrolysis) is 1. The molecule has 1 heterocycles. The van der Waals surface area contributed by atoms with Gasteiger partial charge in [0, 0.05) is 12.6 Å². The molecule has 0 spiro atoms. The molecule has 0 saturated carbocycles. The molecule has 0 fully saturated rings. The Bertz CT molecular complexity index is 499. The van der Waals surface area contributed by atoms with Crippen LogP contribution in [0.4, 0.5) is 4.79 Å². The second-order valence-electron chi connectivity index (χ2n) is 5.23. The quantitative estimate of drug-likeness (QED) is 0.818. The van der Waals surface area contributed by atoms with Gasteiger partial charge in [0.25, 0.3) is 0 Å². The van der Waals surface area contributed by atoms with Crippen molar-refractivity contribution in [2.75, 3.05) is 0 Å².